The number of hydrogen-bond acceptors (Lipinski definition) is 5. The van der Waals surface area contributed by atoms with Gasteiger partial charge in [0.05, 0.1) is 6.20 Å². The monoisotopic (exact) mass is 357 g/mol. The number of carbonyl (C=O) groups is 3. The number of aromatic nitrogens is 3. The maximum atomic E-state index is 12.2. The molecule has 0 radical (unpaired) electrons. The minimum atomic E-state index is -0.371. The highest BCUT2D eigenvalue weighted by atomic mass is 16.2. The number of anilines is 2. The van der Waals surface area contributed by atoms with Crippen LogP contribution >= 0.6 is 0 Å². The summed E-state index contributed by atoms with van der Waals surface area (Å²) in [4.78, 5) is 39.0. The van der Waals surface area contributed by atoms with Crippen LogP contribution in [0.15, 0.2) is 30.5 Å². The van der Waals surface area contributed by atoms with Crippen LogP contribution in [0.25, 0.3) is 0 Å². The molecule has 3 rings (SSSR count). The molecule has 0 bridgehead atoms. The van der Waals surface area contributed by atoms with E-state index in [-0.39, 0.29) is 30.1 Å². The van der Waals surface area contributed by atoms with E-state index in [1.165, 1.54) is 17.9 Å². The van der Waals surface area contributed by atoms with Crippen LogP contribution in [0.3, 0.4) is 0 Å². The van der Waals surface area contributed by atoms with Gasteiger partial charge in [0.1, 0.15) is 6.54 Å². The topological polar surface area (TPSA) is 112 Å². The lowest BCUT2D eigenvalue weighted by Crippen LogP contribution is -2.29. The molecule has 0 saturated carbocycles. The van der Waals surface area contributed by atoms with Gasteiger partial charge in [-0.3, -0.25) is 14.5 Å². The third-order valence-electron chi connectivity index (χ3n) is 3.96. The largest absolute Gasteiger partial charge is 0.354 e. The van der Waals surface area contributed by atoms with Gasteiger partial charge in [-0.15, -0.1) is 5.10 Å². The lowest BCUT2D eigenvalue weighted by Gasteiger charge is -2.17. The highest BCUT2D eigenvalue weighted by Crippen LogP contribution is 2.23. The highest BCUT2D eigenvalue weighted by Gasteiger charge is 2.26. The van der Waals surface area contributed by atoms with Gasteiger partial charge in [-0.1, -0.05) is 11.3 Å². The Hall–Kier alpha value is -3.43. The Balaban J connectivity index is 1.64. The van der Waals surface area contributed by atoms with E-state index in [2.05, 4.69) is 20.9 Å². The molecule has 2 N–H and O–H groups in total. The summed E-state index contributed by atoms with van der Waals surface area (Å²) in [5, 5.41) is 12.6. The van der Waals surface area contributed by atoms with Crippen molar-refractivity contribution in [2.45, 2.75) is 6.54 Å². The van der Waals surface area contributed by atoms with Gasteiger partial charge in [-0.25, -0.2) is 9.48 Å². The summed E-state index contributed by atoms with van der Waals surface area (Å²) >= 11 is 0. The Morgan fingerprint density at radius 3 is 2.77 bits per heavy atom. The first-order chi connectivity index (χ1) is 12.5. The van der Waals surface area contributed by atoms with Crippen LogP contribution in [0.1, 0.15) is 10.5 Å². The van der Waals surface area contributed by atoms with Crippen LogP contribution in [0.2, 0.25) is 0 Å². The first-order valence-corrected chi connectivity index (χ1v) is 8.02. The molecule has 1 aliphatic rings. The molecule has 0 aliphatic carbocycles. The number of hydrogen-bond donors (Lipinski definition) is 2. The molecule has 1 saturated heterocycles. The first-order valence-electron chi connectivity index (χ1n) is 8.02. The van der Waals surface area contributed by atoms with Gasteiger partial charge in [0.25, 0.3) is 5.91 Å². The van der Waals surface area contributed by atoms with Crippen LogP contribution in [-0.2, 0) is 11.3 Å². The van der Waals surface area contributed by atoms with E-state index in [1.807, 2.05) is 6.07 Å². The van der Waals surface area contributed by atoms with Gasteiger partial charge in [-0.05, 0) is 18.2 Å². The number of likely N-dealkylation sites (N-methyl/N-ethyl adjacent to an activating group) is 1. The number of rotatable bonds is 5. The number of nitrogens with zero attached hydrogens (tertiary/aromatic N) is 5. The Labute approximate surface area is 149 Å². The fourth-order valence-electron chi connectivity index (χ4n) is 2.59. The summed E-state index contributed by atoms with van der Waals surface area (Å²) in [6, 6.07) is 7.00. The van der Waals surface area contributed by atoms with Crippen molar-refractivity contribution in [3.8, 4) is 0 Å². The van der Waals surface area contributed by atoms with Crippen molar-refractivity contribution >= 4 is 29.2 Å². The molecule has 10 nitrogen and oxygen atoms in total. The van der Waals surface area contributed by atoms with E-state index in [4.69, 9.17) is 0 Å². The molecule has 1 aliphatic heterocycles. The molecule has 136 valence electrons. The first kappa shape index (κ1) is 17.4. The van der Waals surface area contributed by atoms with Gasteiger partial charge in [0, 0.05) is 38.6 Å². The molecule has 2 aromatic rings. The van der Waals surface area contributed by atoms with E-state index in [0.29, 0.717) is 18.8 Å². The van der Waals surface area contributed by atoms with Crippen LogP contribution in [0.5, 0.6) is 0 Å². The van der Waals surface area contributed by atoms with Gasteiger partial charge in [0.15, 0.2) is 5.69 Å². The third-order valence-corrected chi connectivity index (χ3v) is 3.96. The average molecular weight is 357 g/mol. The third kappa shape index (κ3) is 3.63. The number of nitrogens with one attached hydrogen (secondary N) is 2. The van der Waals surface area contributed by atoms with Crippen LogP contribution in [-0.4, -0.2) is 64.9 Å². The summed E-state index contributed by atoms with van der Waals surface area (Å²) < 4.78 is 1.28. The van der Waals surface area contributed by atoms with Crippen LogP contribution in [0, 0.1) is 0 Å². The lowest BCUT2D eigenvalue weighted by molar-refractivity contribution is -0.116. The van der Waals surface area contributed by atoms with Crippen molar-refractivity contribution in [2.24, 2.45) is 0 Å². The summed E-state index contributed by atoms with van der Waals surface area (Å²) in [6.07, 6.45) is 1.40. The molecule has 10 heteroatoms. The molecule has 1 aromatic heterocycles. The Bertz CT molecular complexity index is 848. The van der Waals surface area contributed by atoms with Gasteiger partial charge in [-0.2, -0.15) is 0 Å². The van der Waals surface area contributed by atoms with E-state index in [0.717, 1.165) is 5.69 Å². The Kier molecular flexibility index (Phi) is 4.83. The van der Waals surface area contributed by atoms with Crippen molar-refractivity contribution in [1.29, 1.82) is 0 Å². The van der Waals surface area contributed by atoms with E-state index < -0.39 is 0 Å². The van der Waals surface area contributed by atoms with E-state index in [1.54, 1.807) is 35.0 Å². The van der Waals surface area contributed by atoms with E-state index >= 15 is 0 Å². The van der Waals surface area contributed by atoms with Crippen molar-refractivity contribution < 1.29 is 14.4 Å². The Morgan fingerprint density at radius 2 is 2.08 bits per heavy atom. The molecule has 1 fully saturated rings. The van der Waals surface area contributed by atoms with E-state index in [9.17, 15) is 14.4 Å². The Morgan fingerprint density at radius 1 is 1.27 bits per heavy atom. The molecule has 1 aromatic carbocycles. The summed E-state index contributed by atoms with van der Waals surface area (Å²) in [5.41, 5.74) is 1.43. The van der Waals surface area contributed by atoms with Crippen LogP contribution in [0.4, 0.5) is 16.2 Å². The lowest BCUT2D eigenvalue weighted by atomic mass is 10.2. The van der Waals surface area contributed by atoms with Crippen LogP contribution < -0.4 is 15.5 Å². The zero-order valence-corrected chi connectivity index (χ0v) is 14.5. The zero-order valence-electron chi connectivity index (χ0n) is 14.5. The molecule has 0 atom stereocenters. The highest BCUT2D eigenvalue weighted by molar-refractivity contribution is 5.96. The van der Waals surface area contributed by atoms with Gasteiger partial charge < -0.3 is 15.5 Å². The SMILES string of the molecule is CNC(=O)c1cn(CC(=O)Nc2cccc(N3CCN(C)C3=O)c2)nn1. The van der Waals surface area contributed by atoms with Crippen molar-refractivity contribution in [3.05, 3.63) is 36.2 Å². The minimum Gasteiger partial charge on any atom is -0.354 e. The fraction of sp³-hybridized carbons (Fsp3) is 0.312. The minimum absolute atomic E-state index is 0.0715. The predicted molar refractivity (Wildman–Crippen MR) is 93.9 cm³/mol. The quantitative estimate of drug-likeness (QED) is 0.791. The number of benzene rings is 1. The summed E-state index contributed by atoms with van der Waals surface area (Å²) in [7, 11) is 3.24. The van der Waals surface area contributed by atoms with Gasteiger partial charge >= 0.3 is 6.03 Å². The maximum absolute atomic E-state index is 12.2. The smallest absolute Gasteiger partial charge is 0.324 e. The van der Waals surface area contributed by atoms with Crippen molar-refractivity contribution in [1.82, 2.24) is 25.2 Å². The molecule has 0 spiro atoms. The second kappa shape index (κ2) is 7.21. The molecular formula is C16H19N7O3. The number of amides is 4. The van der Waals surface area contributed by atoms with Crippen molar-refractivity contribution in [3.63, 3.8) is 0 Å². The molecule has 26 heavy (non-hydrogen) atoms. The number of urea groups is 1. The maximum Gasteiger partial charge on any atom is 0.324 e. The summed E-state index contributed by atoms with van der Waals surface area (Å²) in [5.74, 6) is -0.690. The molecule has 2 heterocycles. The second-order valence-electron chi connectivity index (χ2n) is 5.83. The normalized spacial score (nSPS) is 13.8. The zero-order chi connectivity index (χ0) is 18.7. The standard InChI is InChI=1S/C16H19N7O3/c1-17-15(25)13-9-22(20-19-13)10-14(24)18-11-4-3-5-12(8-11)23-7-6-21(2)16(23)26/h3-5,8-9H,6-7,10H2,1-2H3,(H,17,25)(H,18,24). The summed E-state index contributed by atoms with van der Waals surface area (Å²) in [6.45, 7) is 1.18. The fourth-order valence-corrected chi connectivity index (χ4v) is 2.59. The van der Waals surface area contributed by atoms with Gasteiger partial charge in [0.2, 0.25) is 5.91 Å². The molecule has 4 amide bonds. The molecule has 0 unspecified atom stereocenters. The second-order valence-corrected chi connectivity index (χ2v) is 5.83. The predicted octanol–water partition coefficient (Wildman–Crippen LogP) is 0.148. The molecular weight excluding hydrogens is 338 g/mol. The van der Waals surface area contributed by atoms with Crippen molar-refractivity contribution in [2.75, 3.05) is 37.4 Å². The number of carbonyl (C=O) groups excluding carboxylic acids is 3. The average Bonchev–Trinajstić information content (AvgIpc) is 3.22.